The Balaban J connectivity index is 1.77. The fraction of sp³-hybridized carbons (Fsp3) is 0.625. The van der Waals surface area contributed by atoms with Gasteiger partial charge < -0.3 is 14.8 Å². The second-order valence-electron chi connectivity index (χ2n) is 5.40. The minimum Gasteiger partial charge on any atom is -0.491 e. The highest BCUT2D eigenvalue weighted by molar-refractivity contribution is 5.32. The predicted molar refractivity (Wildman–Crippen MR) is 77.8 cm³/mol. The fourth-order valence-corrected chi connectivity index (χ4v) is 2.56. The summed E-state index contributed by atoms with van der Waals surface area (Å²) in [6.07, 6.45) is 2.83. The van der Waals surface area contributed by atoms with Gasteiger partial charge in [-0.1, -0.05) is 13.0 Å². The van der Waals surface area contributed by atoms with Gasteiger partial charge in [-0.3, -0.25) is 0 Å². The van der Waals surface area contributed by atoms with Crippen LogP contribution in [0.1, 0.15) is 30.9 Å². The zero-order valence-corrected chi connectivity index (χ0v) is 12.2. The van der Waals surface area contributed by atoms with Crippen LogP contribution >= 0.6 is 0 Å². The maximum Gasteiger partial charge on any atom is 0.119 e. The summed E-state index contributed by atoms with van der Waals surface area (Å²) in [4.78, 5) is 0. The lowest BCUT2D eigenvalue weighted by Gasteiger charge is -2.15. The molecule has 106 valence electrons. The van der Waals surface area contributed by atoms with Gasteiger partial charge in [0.25, 0.3) is 0 Å². The molecule has 2 rings (SSSR count). The molecule has 0 spiro atoms. The number of ether oxygens (including phenoxy) is 2. The first kappa shape index (κ1) is 14.4. The van der Waals surface area contributed by atoms with Crippen LogP contribution < -0.4 is 10.1 Å². The fourth-order valence-electron chi connectivity index (χ4n) is 2.56. The molecule has 1 N–H and O–H groups in total. The second-order valence-corrected chi connectivity index (χ2v) is 5.40. The summed E-state index contributed by atoms with van der Waals surface area (Å²) in [5, 5.41) is 3.33. The summed E-state index contributed by atoms with van der Waals surface area (Å²) >= 11 is 0. The van der Waals surface area contributed by atoms with Gasteiger partial charge in [-0.05, 0) is 56.5 Å². The van der Waals surface area contributed by atoms with Gasteiger partial charge in [0, 0.05) is 6.54 Å². The molecule has 0 radical (unpaired) electrons. The second kappa shape index (κ2) is 6.92. The Bertz CT molecular complexity index is 385. The highest BCUT2D eigenvalue weighted by Gasteiger charge is 2.25. The normalized spacial score (nSPS) is 22.7. The van der Waals surface area contributed by atoms with Gasteiger partial charge in [-0.15, -0.1) is 0 Å². The highest BCUT2D eigenvalue weighted by atomic mass is 16.5. The summed E-state index contributed by atoms with van der Waals surface area (Å²) in [5.41, 5.74) is 2.49. The molecule has 0 saturated carbocycles. The van der Waals surface area contributed by atoms with Crippen molar-refractivity contribution in [3.8, 4) is 5.75 Å². The molecule has 19 heavy (non-hydrogen) atoms. The smallest absolute Gasteiger partial charge is 0.119 e. The van der Waals surface area contributed by atoms with Crippen LogP contribution in [0.4, 0.5) is 0 Å². The molecule has 1 aliphatic heterocycles. The number of rotatable bonds is 6. The first-order chi connectivity index (χ1) is 9.17. The van der Waals surface area contributed by atoms with Crippen molar-refractivity contribution in [2.75, 3.05) is 19.7 Å². The van der Waals surface area contributed by atoms with Crippen LogP contribution in [-0.2, 0) is 4.74 Å². The molecule has 1 fully saturated rings. The van der Waals surface area contributed by atoms with Gasteiger partial charge in [0.05, 0.1) is 12.2 Å². The van der Waals surface area contributed by atoms with Crippen molar-refractivity contribution in [1.82, 2.24) is 5.32 Å². The molecule has 1 saturated heterocycles. The van der Waals surface area contributed by atoms with Crippen molar-refractivity contribution < 1.29 is 9.47 Å². The van der Waals surface area contributed by atoms with Gasteiger partial charge in [-0.25, -0.2) is 0 Å². The minimum absolute atomic E-state index is 0.240. The molecular weight excluding hydrogens is 238 g/mol. The largest absolute Gasteiger partial charge is 0.491 e. The summed E-state index contributed by atoms with van der Waals surface area (Å²) in [5.74, 6) is 0.955. The molecule has 0 aliphatic carbocycles. The van der Waals surface area contributed by atoms with Crippen molar-refractivity contribution in [2.24, 2.45) is 0 Å². The van der Waals surface area contributed by atoms with E-state index >= 15 is 0 Å². The van der Waals surface area contributed by atoms with E-state index in [1.807, 2.05) is 0 Å². The van der Waals surface area contributed by atoms with E-state index in [4.69, 9.17) is 9.47 Å². The number of hydrogen-bond acceptors (Lipinski definition) is 3. The Morgan fingerprint density at radius 1 is 1.16 bits per heavy atom. The first-order valence-corrected chi connectivity index (χ1v) is 7.24. The van der Waals surface area contributed by atoms with Crippen LogP contribution in [0.25, 0.3) is 0 Å². The van der Waals surface area contributed by atoms with Crippen molar-refractivity contribution in [3.63, 3.8) is 0 Å². The quantitative estimate of drug-likeness (QED) is 0.856. The van der Waals surface area contributed by atoms with E-state index in [9.17, 15) is 0 Å². The molecule has 2 unspecified atom stereocenters. The van der Waals surface area contributed by atoms with Gasteiger partial charge in [0.1, 0.15) is 12.4 Å². The number of aryl methyl sites for hydroxylation is 2. The van der Waals surface area contributed by atoms with Crippen LogP contribution in [0.15, 0.2) is 18.2 Å². The summed E-state index contributed by atoms with van der Waals surface area (Å²) in [7, 11) is 0. The summed E-state index contributed by atoms with van der Waals surface area (Å²) in [6.45, 7) is 8.93. The molecule has 1 aromatic carbocycles. The van der Waals surface area contributed by atoms with E-state index in [1.54, 1.807) is 0 Å². The van der Waals surface area contributed by atoms with Crippen molar-refractivity contribution in [1.29, 1.82) is 0 Å². The Kier molecular flexibility index (Phi) is 5.23. The van der Waals surface area contributed by atoms with E-state index in [2.05, 4.69) is 44.3 Å². The average molecular weight is 263 g/mol. The minimum atomic E-state index is 0.240. The molecule has 2 atom stereocenters. The van der Waals surface area contributed by atoms with E-state index in [1.165, 1.54) is 11.1 Å². The third-order valence-corrected chi connectivity index (χ3v) is 3.45. The van der Waals surface area contributed by atoms with Crippen LogP contribution in [0.5, 0.6) is 5.75 Å². The maximum atomic E-state index is 5.96. The summed E-state index contributed by atoms with van der Waals surface area (Å²) < 4.78 is 11.8. The summed E-state index contributed by atoms with van der Waals surface area (Å²) in [6, 6.07) is 6.32. The van der Waals surface area contributed by atoms with Crippen LogP contribution in [0.2, 0.25) is 0 Å². The molecule has 0 aromatic heterocycles. The molecular formula is C16H25NO2. The average Bonchev–Trinajstić information content (AvgIpc) is 2.81. The monoisotopic (exact) mass is 263 g/mol. The van der Waals surface area contributed by atoms with Crippen molar-refractivity contribution in [3.05, 3.63) is 29.3 Å². The van der Waals surface area contributed by atoms with Crippen LogP contribution in [0, 0.1) is 13.8 Å². The van der Waals surface area contributed by atoms with E-state index in [0.717, 1.165) is 31.7 Å². The molecule has 3 nitrogen and oxygen atoms in total. The van der Waals surface area contributed by atoms with E-state index < -0.39 is 0 Å². The molecule has 1 heterocycles. The molecule has 0 amide bonds. The van der Waals surface area contributed by atoms with Gasteiger partial charge in [-0.2, -0.15) is 0 Å². The van der Waals surface area contributed by atoms with E-state index in [0.29, 0.717) is 12.7 Å². The van der Waals surface area contributed by atoms with Crippen molar-refractivity contribution >= 4 is 0 Å². The lowest BCUT2D eigenvalue weighted by Crippen LogP contribution is -2.28. The van der Waals surface area contributed by atoms with E-state index in [-0.39, 0.29) is 6.10 Å². The number of nitrogens with one attached hydrogen (secondary N) is 1. The lowest BCUT2D eigenvalue weighted by atomic mass is 10.1. The topological polar surface area (TPSA) is 30.5 Å². The zero-order chi connectivity index (χ0) is 13.7. The third-order valence-electron chi connectivity index (χ3n) is 3.45. The SMILES string of the molecule is CCNCC1CCC(COc2cc(C)cc(C)c2)O1. The zero-order valence-electron chi connectivity index (χ0n) is 12.2. The lowest BCUT2D eigenvalue weighted by molar-refractivity contribution is 0.0188. The first-order valence-electron chi connectivity index (χ1n) is 7.24. The predicted octanol–water partition coefficient (Wildman–Crippen LogP) is 2.84. The van der Waals surface area contributed by atoms with Gasteiger partial charge in [0.2, 0.25) is 0 Å². The number of likely N-dealkylation sites (N-methyl/N-ethyl adjacent to an activating group) is 1. The Morgan fingerprint density at radius 3 is 2.53 bits per heavy atom. The van der Waals surface area contributed by atoms with Gasteiger partial charge in [0.15, 0.2) is 0 Å². The standard InChI is InChI=1S/C16H25NO2/c1-4-17-10-14-5-6-15(19-14)11-18-16-8-12(2)7-13(3)9-16/h7-9,14-15,17H,4-6,10-11H2,1-3H3. The van der Waals surface area contributed by atoms with Crippen LogP contribution in [-0.4, -0.2) is 31.9 Å². The molecule has 3 heteroatoms. The Hall–Kier alpha value is -1.06. The van der Waals surface area contributed by atoms with Crippen LogP contribution in [0.3, 0.4) is 0 Å². The molecule has 1 aromatic rings. The van der Waals surface area contributed by atoms with Crippen molar-refractivity contribution in [2.45, 2.75) is 45.8 Å². The Morgan fingerprint density at radius 2 is 1.84 bits per heavy atom. The highest BCUT2D eigenvalue weighted by Crippen LogP contribution is 2.22. The van der Waals surface area contributed by atoms with Gasteiger partial charge >= 0.3 is 0 Å². The number of hydrogen-bond donors (Lipinski definition) is 1. The third kappa shape index (κ3) is 4.51. The number of benzene rings is 1. The molecule has 0 bridgehead atoms. The molecule has 1 aliphatic rings. The Labute approximate surface area is 116 Å². The maximum absolute atomic E-state index is 5.96.